The topological polar surface area (TPSA) is 79.8 Å². The zero-order valence-electron chi connectivity index (χ0n) is 15.5. The molecule has 27 heavy (non-hydrogen) atoms. The van der Waals surface area contributed by atoms with Gasteiger partial charge in [-0.15, -0.1) is 11.8 Å². The van der Waals surface area contributed by atoms with Crippen LogP contribution in [-0.4, -0.2) is 36.9 Å². The Labute approximate surface area is 163 Å². The van der Waals surface area contributed by atoms with E-state index in [1.807, 2.05) is 36.4 Å². The predicted molar refractivity (Wildman–Crippen MR) is 109 cm³/mol. The monoisotopic (exact) mass is 388 g/mol. The molecule has 0 saturated heterocycles. The highest BCUT2D eigenvalue weighted by Crippen LogP contribution is 2.43. The van der Waals surface area contributed by atoms with Gasteiger partial charge in [-0.25, -0.2) is 0 Å². The Morgan fingerprint density at radius 1 is 1.15 bits per heavy atom. The average molecular weight is 388 g/mol. The predicted octanol–water partition coefficient (Wildman–Crippen LogP) is 3.78. The second-order valence-electron chi connectivity index (χ2n) is 6.37. The first-order chi connectivity index (χ1) is 13.0. The van der Waals surface area contributed by atoms with Crippen LogP contribution >= 0.6 is 11.8 Å². The number of methoxy groups -OCH3 is 2. The number of thioether (sulfide) groups is 1. The zero-order valence-corrected chi connectivity index (χ0v) is 16.3. The lowest BCUT2D eigenvalue weighted by molar-refractivity contribution is -0.137. The highest BCUT2D eigenvalue weighted by atomic mass is 32.2. The minimum atomic E-state index is -0.865. The number of nitrogens with one attached hydrogen (secondary N) is 2. The smallest absolute Gasteiger partial charge is 0.308 e. The molecule has 7 heteroatoms. The zero-order chi connectivity index (χ0) is 19.3. The Morgan fingerprint density at radius 2 is 1.85 bits per heavy atom. The van der Waals surface area contributed by atoms with Gasteiger partial charge in [0.1, 0.15) is 5.75 Å². The number of carboxylic acid groups (broad SMARTS) is 1. The van der Waals surface area contributed by atoms with Crippen molar-refractivity contribution in [3.05, 3.63) is 53.6 Å². The highest BCUT2D eigenvalue weighted by molar-refractivity contribution is 8.00. The Hall–Kier alpha value is -2.38. The Balaban J connectivity index is 1.79. The van der Waals surface area contributed by atoms with E-state index in [9.17, 15) is 9.90 Å². The summed E-state index contributed by atoms with van der Waals surface area (Å²) in [6.07, 6.45) is 0.762. The van der Waals surface area contributed by atoms with E-state index in [0.29, 0.717) is 12.4 Å². The van der Waals surface area contributed by atoms with E-state index < -0.39 is 11.0 Å². The van der Waals surface area contributed by atoms with Crippen molar-refractivity contribution in [1.82, 2.24) is 0 Å². The minimum absolute atomic E-state index is 0.0575. The van der Waals surface area contributed by atoms with Crippen molar-refractivity contribution in [2.45, 2.75) is 23.6 Å². The lowest BCUT2D eigenvalue weighted by atomic mass is 10.1. The number of ether oxygens (including phenoxy) is 2. The second-order valence-corrected chi connectivity index (χ2v) is 7.65. The Morgan fingerprint density at radius 3 is 2.44 bits per heavy atom. The van der Waals surface area contributed by atoms with E-state index in [4.69, 9.17) is 9.47 Å². The number of para-hydroxylation sites is 2. The van der Waals surface area contributed by atoms with Gasteiger partial charge in [-0.3, -0.25) is 4.79 Å². The van der Waals surface area contributed by atoms with Crippen molar-refractivity contribution in [1.29, 1.82) is 0 Å². The van der Waals surface area contributed by atoms with Gasteiger partial charge in [0.15, 0.2) is 4.99 Å². The van der Waals surface area contributed by atoms with Crippen LogP contribution in [0.4, 0.5) is 11.4 Å². The Bertz CT molecular complexity index is 787. The molecule has 0 unspecified atom stereocenters. The summed E-state index contributed by atoms with van der Waals surface area (Å²) >= 11 is 1.52. The van der Waals surface area contributed by atoms with E-state index in [-0.39, 0.29) is 6.42 Å². The average Bonchev–Trinajstić information content (AvgIpc) is 3.02. The standard InChI is InChI=1S/C20H24N2O4S/c1-25-10-9-14-7-8-18(26-2)15(11-14)13-27-20(12-19(23)24)21-16-5-3-4-6-17(16)22-20/h3-8,11,21-22H,9-10,12-13H2,1-2H3,(H,23,24). The van der Waals surface area contributed by atoms with Gasteiger partial charge in [-0.2, -0.15) is 0 Å². The van der Waals surface area contributed by atoms with Crippen LogP contribution in [0.3, 0.4) is 0 Å². The number of hydrogen-bond donors (Lipinski definition) is 3. The van der Waals surface area contributed by atoms with Crippen LogP contribution in [0.2, 0.25) is 0 Å². The van der Waals surface area contributed by atoms with Gasteiger partial charge in [0, 0.05) is 18.4 Å². The van der Waals surface area contributed by atoms with Gasteiger partial charge in [-0.05, 0) is 30.2 Å². The summed E-state index contributed by atoms with van der Waals surface area (Å²) < 4.78 is 10.7. The fourth-order valence-corrected chi connectivity index (χ4v) is 4.33. The maximum atomic E-state index is 11.5. The van der Waals surface area contributed by atoms with Crippen molar-refractivity contribution >= 4 is 29.1 Å². The van der Waals surface area contributed by atoms with E-state index in [1.165, 1.54) is 11.8 Å². The van der Waals surface area contributed by atoms with Crippen molar-refractivity contribution in [2.24, 2.45) is 0 Å². The van der Waals surface area contributed by atoms with Crippen molar-refractivity contribution in [2.75, 3.05) is 31.5 Å². The van der Waals surface area contributed by atoms with E-state index >= 15 is 0 Å². The lowest BCUT2D eigenvalue weighted by Crippen LogP contribution is -2.40. The van der Waals surface area contributed by atoms with E-state index in [2.05, 4.69) is 16.7 Å². The molecule has 2 aromatic rings. The van der Waals surface area contributed by atoms with Crippen LogP contribution in [0.25, 0.3) is 0 Å². The minimum Gasteiger partial charge on any atom is -0.496 e. The van der Waals surface area contributed by atoms with Crippen LogP contribution in [0.15, 0.2) is 42.5 Å². The lowest BCUT2D eigenvalue weighted by Gasteiger charge is -2.29. The van der Waals surface area contributed by atoms with Crippen molar-refractivity contribution in [3.63, 3.8) is 0 Å². The number of anilines is 2. The summed E-state index contributed by atoms with van der Waals surface area (Å²) in [6.45, 7) is 0.653. The molecular weight excluding hydrogens is 364 g/mol. The van der Waals surface area contributed by atoms with Gasteiger partial charge in [0.25, 0.3) is 0 Å². The van der Waals surface area contributed by atoms with Crippen LogP contribution in [0.5, 0.6) is 5.75 Å². The molecule has 0 saturated carbocycles. The number of rotatable bonds is 9. The first-order valence-electron chi connectivity index (χ1n) is 8.71. The fraction of sp³-hybridized carbons (Fsp3) is 0.350. The highest BCUT2D eigenvalue weighted by Gasteiger charge is 2.39. The quantitative estimate of drug-likeness (QED) is 0.603. The van der Waals surface area contributed by atoms with Crippen LogP contribution in [0, 0.1) is 0 Å². The molecule has 0 spiro atoms. The molecule has 6 nitrogen and oxygen atoms in total. The third-order valence-electron chi connectivity index (χ3n) is 4.41. The van der Waals surface area contributed by atoms with E-state index in [1.54, 1.807) is 14.2 Å². The summed E-state index contributed by atoms with van der Waals surface area (Å²) in [5.41, 5.74) is 4.01. The number of hydrogen-bond acceptors (Lipinski definition) is 6. The molecule has 0 amide bonds. The summed E-state index contributed by atoms with van der Waals surface area (Å²) in [4.78, 5) is 10.7. The number of carboxylic acids is 1. The maximum Gasteiger partial charge on any atom is 0.308 e. The Kier molecular flexibility index (Phi) is 6.13. The first kappa shape index (κ1) is 19.4. The molecule has 3 N–H and O–H groups in total. The number of aliphatic carboxylic acids is 1. The molecule has 1 heterocycles. The molecule has 3 rings (SSSR count). The summed E-state index contributed by atoms with van der Waals surface area (Å²) in [5, 5.41) is 16.1. The van der Waals surface area contributed by atoms with Gasteiger partial charge in [-0.1, -0.05) is 24.3 Å². The van der Waals surface area contributed by atoms with Gasteiger partial charge in [0.05, 0.1) is 31.5 Å². The third-order valence-corrected chi connectivity index (χ3v) is 5.71. The number of carbonyl (C=O) groups is 1. The molecule has 0 radical (unpaired) electrons. The summed E-state index contributed by atoms with van der Waals surface area (Å²) in [6, 6.07) is 13.8. The van der Waals surface area contributed by atoms with Crippen molar-refractivity contribution in [3.8, 4) is 5.75 Å². The van der Waals surface area contributed by atoms with Gasteiger partial charge in [0.2, 0.25) is 0 Å². The molecule has 0 atom stereocenters. The molecular formula is C20H24N2O4S. The SMILES string of the molecule is COCCc1ccc(OC)c(CSC2(CC(=O)O)Nc3ccccc3N2)c1. The summed E-state index contributed by atoms with van der Waals surface area (Å²) in [7, 11) is 3.33. The van der Waals surface area contributed by atoms with Gasteiger partial charge < -0.3 is 25.2 Å². The van der Waals surface area contributed by atoms with Crippen LogP contribution < -0.4 is 15.4 Å². The van der Waals surface area contributed by atoms with Crippen LogP contribution in [0.1, 0.15) is 17.5 Å². The largest absolute Gasteiger partial charge is 0.496 e. The van der Waals surface area contributed by atoms with Crippen molar-refractivity contribution < 1.29 is 19.4 Å². The fourth-order valence-electron chi connectivity index (χ4n) is 3.11. The molecule has 1 aliphatic heterocycles. The van der Waals surface area contributed by atoms with Crippen LogP contribution in [-0.2, 0) is 21.7 Å². The maximum absolute atomic E-state index is 11.5. The number of benzene rings is 2. The molecule has 0 bridgehead atoms. The van der Waals surface area contributed by atoms with Gasteiger partial charge >= 0.3 is 5.97 Å². The third kappa shape index (κ3) is 4.67. The molecule has 0 aromatic heterocycles. The molecule has 0 aliphatic carbocycles. The molecule has 1 aliphatic rings. The second kappa shape index (κ2) is 8.54. The first-order valence-corrected chi connectivity index (χ1v) is 9.70. The molecule has 144 valence electrons. The number of fused-ring (bicyclic) bond motifs is 1. The normalized spacial score (nSPS) is 14.1. The summed E-state index contributed by atoms with van der Waals surface area (Å²) in [5.74, 6) is 0.534. The molecule has 0 fully saturated rings. The van der Waals surface area contributed by atoms with E-state index in [0.717, 1.165) is 34.7 Å². The molecule has 2 aromatic carbocycles.